The molecule has 3 rings (SSSR count). The number of piperazine rings is 1. The summed E-state index contributed by atoms with van der Waals surface area (Å²) in [5, 5.41) is 2.93. The molecule has 0 atom stereocenters. The third-order valence-corrected chi connectivity index (χ3v) is 4.26. The van der Waals surface area contributed by atoms with E-state index in [-0.39, 0.29) is 11.8 Å². The van der Waals surface area contributed by atoms with Gasteiger partial charge in [0.2, 0.25) is 0 Å². The quantitative estimate of drug-likeness (QED) is 0.891. The largest absolute Gasteiger partial charge is 0.349 e. The molecule has 2 amide bonds. The van der Waals surface area contributed by atoms with Gasteiger partial charge in [0, 0.05) is 44.0 Å². The summed E-state index contributed by atoms with van der Waals surface area (Å²) in [7, 11) is 0. The molecule has 0 unspecified atom stereocenters. The van der Waals surface area contributed by atoms with E-state index in [0.29, 0.717) is 30.4 Å². The Kier molecular flexibility index (Phi) is 4.38. The van der Waals surface area contributed by atoms with E-state index in [0.717, 1.165) is 32.5 Å². The van der Waals surface area contributed by atoms with Crippen LogP contribution in [0.25, 0.3) is 0 Å². The highest BCUT2D eigenvalue weighted by Crippen LogP contribution is 2.19. The molecule has 1 saturated heterocycles. The zero-order valence-corrected chi connectivity index (χ0v) is 12.9. The summed E-state index contributed by atoms with van der Waals surface area (Å²) in [6.45, 7) is 6.35. The molecule has 1 aromatic rings. The average Bonchev–Trinajstić information content (AvgIpc) is 3.38. The van der Waals surface area contributed by atoms with Crippen LogP contribution in [-0.2, 0) is 0 Å². The molecule has 2 heterocycles. The zero-order chi connectivity index (χ0) is 15.5. The normalized spacial score (nSPS) is 19.0. The molecule has 118 valence electrons. The molecule has 0 bridgehead atoms. The van der Waals surface area contributed by atoms with Gasteiger partial charge >= 0.3 is 0 Å². The predicted molar refractivity (Wildman–Crippen MR) is 82.7 cm³/mol. The molecule has 1 saturated carbocycles. The monoisotopic (exact) mass is 302 g/mol. The van der Waals surface area contributed by atoms with Gasteiger partial charge in [-0.15, -0.1) is 0 Å². The molecule has 6 nitrogen and oxygen atoms in total. The van der Waals surface area contributed by atoms with Crippen LogP contribution in [-0.4, -0.2) is 65.4 Å². The number of amides is 2. The molecule has 2 aliphatic rings. The summed E-state index contributed by atoms with van der Waals surface area (Å²) in [6, 6.07) is 3.57. The van der Waals surface area contributed by atoms with Gasteiger partial charge in [-0.25, -0.2) is 0 Å². The Morgan fingerprint density at radius 2 is 2.00 bits per heavy atom. The molecule has 1 N–H and O–H groups in total. The number of hydrogen-bond acceptors (Lipinski definition) is 4. The molecular formula is C16H22N4O2. The molecule has 0 spiro atoms. The maximum atomic E-state index is 12.5. The number of hydrogen-bond donors (Lipinski definition) is 1. The van der Waals surface area contributed by atoms with Gasteiger partial charge in [0.15, 0.2) is 0 Å². The number of nitrogens with zero attached hydrogens (tertiary/aromatic N) is 3. The molecule has 22 heavy (non-hydrogen) atoms. The topological polar surface area (TPSA) is 65.5 Å². The van der Waals surface area contributed by atoms with Crippen molar-refractivity contribution in [2.24, 2.45) is 0 Å². The van der Waals surface area contributed by atoms with E-state index in [9.17, 15) is 9.59 Å². The highest BCUT2D eigenvalue weighted by molar-refractivity contribution is 5.98. The first-order valence-corrected chi connectivity index (χ1v) is 7.96. The van der Waals surface area contributed by atoms with Crippen molar-refractivity contribution in [3.8, 4) is 0 Å². The molecule has 1 aromatic heterocycles. The van der Waals surface area contributed by atoms with Gasteiger partial charge in [-0.3, -0.25) is 14.6 Å². The first kappa shape index (κ1) is 15.0. The van der Waals surface area contributed by atoms with Crippen LogP contribution in [0.4, 0.5) is 0 Å². The van der Waals surface area contributed by atoms with Crippen molar-refractivity contribution < 1.29 is 9.59 Å². The lowest BCUT2D eigenvalue weighted by atomic mass is 10.2. The minimum atomic E-state index is -0.116. The number of rotatable bonds is 4. The molecule has 2 fully saturated rings. The van der Waals surface area contributed by atoms with Crippen LogP contribution in [0.15, 0.2) is 18.3 Å². The molecular weight excluding hydrogens is 280 g/mol. The summed E-state index contributed by atoms with van der Waals surface area (Å²) >= 11 is 0. The molecule has 0 radical (unpaired) electrons. The second kappa shape index (κ2) is 6.44. The Bertz CT molecular complexity index is 563. The minimum absolute atomic E-state index is 0.0863. The van der Waals surface area contributed by atoms with Crippen molar-refractivity contribution in [1.82, 2.24) is 20.1 Å². The number of pyridine rings is 1. The van der Waals surface area contributed by atoms with E-state index in [1.54, 1.807) is 12.1 Å². The Hall–Kier alpha value is -1.95. The van der Waals surface area contributed by atoms with Crippen molar-refractivity contribution in [3.63, 3.8) is 0 Å². The van der Waals surface area contributed by atoms with E-state index in [2.05, 4.69) is 22.1 Å². The standard InChI is InChI=1S/C16H22N4O2/c1-2-19-7-9-20(10-8-19)16(22)14-11-12(5-6-17-14)15(21)18-13-3-4-13/h5-6,11,13H,2-4,7-10H2,1H3,(H,18,21). The summed E-state index contributed by atoms with van der Waals surface area (Å²) in [4.78, 5) is 32.9. The Balaban J connectivity index is 1.66. The molecule has 1 aliphatic carbocycles. The molecule has 0 aromatic carbocycles. The van der Waals surface area contributed by atoms with Gasteiger partial charge < -0.3 is 15.1 Å². The van der Waals surface area contributed by atoms with E-state index >= 15 is 0 Å². The van der Waals surface area contributed by atoms with Gasteiger partial charge in [0.25, 0.3) is 11.8 Å². The molecule has 6 heteroatoms. The van der Waals surface area contributed by atoms with Gasteiger partial charge in [-0.1, -0.05) is 6.92 Å². The maximum Gasteiger partial charge on any atom is 0.272 e. The van der Waals surface area contributed by atoms with Crippen LogP contribution in [0.2, 0.25) is 0 Å². The van der Waals surface area contributed by atoms with Crippen LogP contribution in [0.3, 0.4) is 0 Å². The van der Waals surface area contributed by atoms with E-state index in [1.807, 2.05) is 4.90 Å². The van der Waals surface area contributed by atoms with Crippen LogP contribution in [0.1, 0.15) is 40.6 Å². The van der Waals surface area contributed by atoms with Crippen LogP contribution < -0.4 is 5.32 Å². The zero-order valence-electron chi connectivity index (χ0n) is 12.9. The van der Waals surface area contributed by atoms with Gasteiger partial charge in [-0.05, 0) is 31.5 Å². The van der Waals surface area contributed by atoms with E-state index in [1.165, 1.54) is 6.20 Å². The number of nitrogens with one attached hydrogen (secondary N) is 1. The van der Waals surface area contributed by atoms with Gasteiger partial charge in [-0.2, -0.15) is 0 Å². The maximum absolute atomic E-state index is 12.5. The van der Waals surface area contributed by atoms with Gasteiger partial charge in [0.1, 0.15) is 5.69 Å². The predicted octanol–water partition coefficient (Wildman–Crippen LogP) is 0.751. The summed E-state index contributed by atoms with van der Waals surface area (Å²) in [6.07, 6.45) is 3.63. The van der Waals surface area contributed by atoms with Crippen LogP contribution >= 0.6 is 0 Å². The fraction of sp³-hybridized carbons (Fsp3) is 0.562. The molecule has 1 aliphatic heterocycles. The minimum Gasteiger partial charge on any atom is -0.349 e. The fourth-order valence-electron chi connectivity index (χ4n) is 2.61. The first-order chi connectivity index (χ1) is 10.7. The second-order valence-electron chi connectivity index (χ2n) is 5.90. The van der Waals surface area contributed by atoms with Gasteiger partial charge in [0.05, 0.1) is 0 Å². The Morgan fingerprint density at radius 3 is 2.64 bits per heavy atom. The van der Waals surface area contributed by atoms with E-state index in [4.69, 9.17) is 0 Å². The smallest absolute Gasteiger partial charge is 0.272 e. The van der Waals surface area contributed by atoms with Crippen molar-refractivity contribution in [3.05, 3.63) is 29.6 Å². The lowest BCUT2D eigenvalue weighted by Crippen LogP contribution is -2.48. The third-order valence-electron chi connectivity index (χ3n) is 4.26. The summed E-state index contributed by atoms with van der Waals surface area (Å²) < 4.78 is 0. The lowest BCUT2D eigenvalue weighted by molar-refractivity contribution is 0.0637. The Morgan fingerprint density at radius 1 is 1.27 bits per heavy atom. The van der Waals surface area contributed by atoms with Crippen LogP contribution in [0.5, 0.6) is 0 Å². The average molecular weight is 302 g/mol. The fourth-order valence-corrected chi connectivity index (χ4v) is 2.61. The van der Waals surface area contributed by atoms with Crippen molar-refractivity contribution in [2.75, 3.05) is 32.7 Å². The van der Waals surface area contributed by atoms with Crippen molar-refractivity contribution >= 4 is 11.8 Å². The highest BCUT2D eigenvalue weighted by atomic mass is 16.2. The second-order valence-corrected chi connectivity index (χ2v) is 5.90. The number of carbonyl (C=O) groups excluding carboxylic acids is 2. The highest BCUT2D eigenvalue weighted by Gasteiger charge is 2.25. The SMILES string of the molecule is CCN1CCN(C(=O)c2cc(C(=O)NC3CC3)ccn2)CC1. The van der Waals surface area contributed by atoms with E-state index < -0.39 is 0 Å². The summed E-state index contributed by atoms with van der Waals surface area (Å²) in [5.74, 6) is -0.202. The lowest BCUT2D eigenvalue weighted by Gasteiger charge is -2.33. The number of aromatic nitrogens is 1. The Labute approximate surface area is 130 Å². The first-order valence-electron chi connectivity index (χ1n) is 7.96. The van der Waals surface area contributed by atoms with Crippen molar-refractivity contribution in [2.45, 2.75) is 25.8 Å². The summed E-state index contributed by atoms with van der Waals surface area (Å²) in [5.41, 5.74) is 0.867. The number of likely N-dealkylation sites (N-methyl/N-ethyl adjacent to an activating group) is 1. The third kappa shape index (κ3) is 3.44. The number of carbonyl (C=O) groups is 2. The van der Waals surface area contributed by atoms with Crippen LogP contribution in [0, 0.1) is 0 Å². The van der Waals surface area contributed by atoms with Crippen molar-refractivity contribution in [1.29, 1.82) is 0 Å².